The molecule has 4 heterocycles. The highest BCUT2D eigenvalue weighted by Gasteiger charge is 2.45. The van der Waals surface area contributed by atoms with E-state index < -0.39 is 16.7 Å². The van der Waals surface area contributed by atoms with Gasteiger partial charge in [0, 0.05) is 13.1 Å². The summed E-state index contributed by atoms with van der Waals surface area (Å²) in [6.07, 6.45) is 7.79. The van der Waals surface area contributed by atoms with Gasteiger partial charge in [0.1, 0.15) is 12.2 Å². The van der Waals surface area contributed by atoms with Crippen molar-refractivity contribution >= 4 is 5.91 Å². The van der Waals surface area contributed by atoms with Crippen molar-refractivity contribution in [3.63, 3.8) is 0 Å². The van der Waals surface area contributed by atoms with E-state index in [0.717, 1.165) is 12.8 Å². The number of ether oxygens (including phenoxy) is 1. The second-order valence-electron chi connectivity index (χ2n) is 8.72. The lowest BCUT2D eigenvalue weighted by Crippen LogP contribution is -2.53. The zero-order chi connectivity index (χ0) is 20.7. The maximum Gasteiger partial charge on any atom is 0.332 e. The Morgan fingerprint density at radius 3 is 2.77 bits per heavy atom. The minimum absolute atomic E-state index is 0.156. The molecule has 0 bridgehead atoms. The van der Waals surface area contributed by atoms with Gasteiger partial charge in [0.2, 0.25) is 0 Å². The Morgan fingerprint density at radius 1 is 1.17 bits per heavy atom. The third-order valence-electron chi connectivity index (χ3n) is 6.66. The van der Waals surface area contributed by atoms with Crippen LogP contribution in [0.3, 0.4) is 0 Å². The molecule has 160 valence electrons. The zero-order valence-electron chi connectivity index (χ0n) is 16.9. The van der Waals surface area contributed by atoms with Crippen molar-refractivity contribution in [2.75, 3.05) is 13.1 Å². The van der Waals surface area contributed by atoms with Crippen LogP contribution in [0.2, 0.25) is 0 Å². The second kappa shape index (κ2) is 7.54. The number of nitrogens with zero attached hydrogens (tertiary/aromatic N) is 4. The van der Waals surface area contributed by atoms with Crippen molar-refractivity contribution in [2.24, 2.45) is 5.92 Å². The topological polar surface area (TPSA) is 99.6 Å². The second-order valence-corrected chi connectivity index (χ2v) is 8.72. The molecule has 1 spiro atoms. The highest BCUT2D eigenvalue weighted by atomic mass is 16.5. The van der Waals surface area contributed by atoms with E-state index in [9.17, 15) is 14.4 Å². The van der Waals surface area contributed by atoms with Gasteiger partial charge in [-0.15, -0.1) is 0 Å². The molecule has 2 aliphatic heterocycles. The summed E-state index contributed by atoms with van der Waals surface area (Å²) < 4.78 is 14.1. The first kappa shape index (κ1) is 19.3. The first-order valence-electron chi connectivity index (χ1n) is 10.7. The average Bonchev–Trinajstić information content (AvgIpc) is 3.44. The lowest BCUT2D eigenvalue weighted by Gasteiger charge is -2.35. The summed E-state index contributed by atoms with van der Waals surface area (Å²) >= 11 is 0. The lowest BCUT2D eigenvalue weighted by molar-refractivity contribution is -0.0844. The van der Waals surface area contributed by atoms with Gasteiger partial charge in [-0.25, -0.2) is 4.68 Å². The number of hydrogen-bond donors (Lipinski definition) is 0. The standard InChI is InChI=1S/C21H26N4O5/c26-18(16-7-4-10-29-16)23-9-8-21(13-23)14-24-17(12-30-21)22-25(20(28)19(24)27)11-15-5-2-1-3-6-15/h4,7,10,15H,1-3,5-6,8-9,11-14H2. The van der Waals surface area contributed by atoms with Crippen LogP contribution in [0.25, 0.3) is 0 Å². The molecule has 9 heteroatoms. The molecule has 0 radical (unpaired) electrons. The Labute approximate surface area is 173 Å². The molecule has 0 N–H and O–H groups in total. The predicted molar refractivity (Wildman–Crippen MR) is 106 cm³/mol. The van der Waals surface area contributed by atoms with Crippen molar-refractivity contribution in [3.05, 3.63) is 50.7 Å². The van der Waals surface area contributed by atoms with E-state index in [2.05, 4.69) is 5.10 Å². The molecule has 2 aromatic rings. The Morgan fingerprint density at radius 2 is 2.00 bits per heavy atom. The predicted octanol–water partition coefficient (Wildman–Crippen LogP) is 1.39. The SMILES string of the molecule is O=C(c1ccco1)N1CCC2(C1)Cn1c(nn(CC3CCCCC3)c(=O)c1=O)CO2. The van der Waals surface area contributed by atoms with Gasteiger partial charge in [-0.2, -0.15) is 5.10 Å². The summed E-state index contributed by atoms with van der Waals surface area (Å²) in [4.78, 5) is 39.8. The molecule has 5 rings (SSSR count). The molecule has 2 fully saturated rings. The molecule has 1 saturated carbocycles. The highest BCUT2D eigenvalue weighted by Crippen LogP contribution is 2.32. The maximum atomic E-state index is 12.9. The fourth-order valence-electron chi connectivity index (χ4n) is 4.96. The van der Waals surface area contributed by atoms with E-state index in [1.807, 2.05) is 0 Å². The van der Waals surface area contributed by atoms with Crippen LogP contribution in [0.4, 0.5) is 0 Å². The van der Waals surface area contributed by atoms with Crippen molar-refractivity contribution in [1.82, 2.24) is 19.2 Å². The molecule has 0 aromatic carbocycles. The van der Waals surface area contributed by atoms with E-state index in [-0.39, 0.29) is 24.8 Å². The van der Waals surface area contributed by atoms with Gasteiger partial charge in [0.15, 0.2) is 11.6 Å². The van der Waals surface area contributed by atoms with Crippen LogP contribution < -0.4 is 11.1 Å². The number of likely N-dealkylation sites (tertiary alicyclic amines) is 1. The molecular weight excluding hydrogens is 388 g/mol. The molecule has 1 unspecified atom stereocenters. The molecule has 1 amide bonds. The number of hydrogen-bond acceptors (Lipinski definition) is 6. The number of aromatic nitrogens is 3. The number of fused-ring (bicyclic) bond motifs is 1. The van der Waals surface area contributed by atoms with Gasteiger partial charge >= 0.3 is 11.1 Å². The van der Waals surface area contributed by atoms with Crippen LogP contribution in [-0.4, -0.2) is 43.8 Å². The molecule has 1 saturated heterocycles. The lowest BCUT2D eigenvalue weighted by atomic mass is 9.89. The molecule has 30 heavy (non-hydrogen) atoms. The third-order valence-corrected chi connectivity index (χ3v) is 6.66. The van der Waals surface area contributed by atoms with Gasteiger partial charge in [-0.3, -0.25) is 19.0 Å². The van der Waals surface area contributed by atoms with Crippen LogP contribution in [0.15, 0.2) is 32.4 Å². The Kier molecular flexibility index (Phi) is 4.85. The van der Waals surface area contributed by atoms with Crippen molar-refractivity contribution in [1.29, 1.82) is 0 Å². The van der Waals surface area contributed by atoms with Crippen LogP contribution in [0.1, 0.15) is 54.9 Å². The van der Waals surface area contributed by atoms with E-state index in [0.29, 0.717) is 37.8 Å². The molecule has 3 aliphatic rings. The fourth-order valence-corrected chi connectivity index (χ4v) is 4.96. The fraction of sp³-hybridized carbons (Fsp3) is 0.619. The first-order valence-corrected chi connectivity index (χ1v) is 10.7. The van der Waals surface area contributed by atoms with Crippen molar-refractivity contribution in [3.8, 4) is 0 Å². The number of carbonyl (C=O) groups excluding carboxylic acids is 1. The van der Waals surface area contributed by atoms with Gasteiger partial charge in [0.05, 0.1) is 19.4 Å². The number of furan rings is 1. The first-order chi connectivity index (χ1) is 14.5. The minimum atomic E-state index is -0.678. The Hall–Kier alpha value is -2.68. The third kappa shape index (κ3) is 3.40. The summed E-state index contributed by atoms with van der Waals surface area (Å²) in [6.45, 7) is 1.75. The van der Waals surface area contributed by atoms with Crippen LogP contribution in [-0.2, 0) is 24.4 Å². The van der Waals surface area contributed by atoms with Gasteiger partial charge in [-0.1, -0.05) is 19.3 Å². The largest absolute Gasteiger partial charge is 0.459 e. The smallest absolute Gasteiger partial charge is 0.332 e. The summed E-state index contributed by atoms with van der Waals surface area (Å²) in [7, 11) is 0. The van der Waals surface area contributed by atoms with Crippen LogP contribution in [0.5, 0.6) is 0 Å². The number of amides is 1. The number of carbonyl (C=O) groups is 1. The minimum Gasteiger partial charge on any atom is -0.459 e. The summed E-state index contributed by atoms with van der Waals surface area (Å²) in [5.74, 6) is 0.974. The van der Waals surface area contributed by atoms with Gasteiger partial charge < -0.3 is 14.1 Å². The molecule has 9 nitrogen and oxygen atoms in total. The molecule has 2 aromatic heterocycles. The average molecular weight is 414 g/mol. The quantitative estimate of drug-likeness (QED) is 0.704. The Bertz CT molecular complexity index is 1050. The molecule has 1 aliphatic carbocycles. The molecular formula is C21H26N4O5. The van der Waals surface area contributed by atoms with Crippen LogP contribution in [0, 0.1) is 5.92 Å². The Balaban J connectivity index is 1.35. The van der Waals surface area contributed by atoms with E-state index in [1.165, 1.54) is 34.8 Å². The monoisotopic (exact) mass is 414 g/mol. The number of rotatable bonds is 3. The van der Waals surface area contributed by atoms with Crippen LogP contribution >= 0.6 is 0 Å². The normalized spacial score (nSPS) is 24.3. The van der Waals surface area contributed by atoms with Crippen molar-refractivity contribution in [2.45, 2.75) is 63.8 Å². The van der Waals surface area contributed by atoms with Gasteiger partial charge in [-0.05, 0) is 37.3 Å². The molecule has 1 atom stereocenters. The summed E-state index contributed by atoms with van der Waals surface area (Å²) in [5, 5.41) is 4.46. The van der Waals surface area contributed by atoms with E-state index in [1.54, 1.807) is 17.0 Å². The van der Waals surface area contributed by atoms with E-state index in [4.69, 9.17) is 9.15 Å². The summed E-state index contributed by atoms with van der Waals surface area (Å²) in [5.41, 5.74) is -1.79. The zero-order valence-corrected chi connectivity index (χ0v) is 16.9. The van der Waals surface area contributed by atoms with E-state index >= 15 is 0 Å². The summed E-state index contributed by atoms with van der Waals surface area (Å²) in [6, 6.07) is 3.31. The van der Waals surface area contributed by atoms with Crippen molar-refractivity contribution < 1.29 is 13.9 Å². The van der Waals surface area contributed by atoms with Gasteiger partial charge in [0.25, 0.3) is 5.91 Å². The maximum absolute atomic E-state index is 12.9. The highest BCUT2D eigenvalue weighted by molar-refractivity contribution is 5.91.